The monoisotopic (exact) mass is 370 g/mol. The van der Waals surface area contributed by atoms with Gasteiger partial charge in [-0.1, -0.05) is 6.07 Å². The summed E-state index contributed by atoms with van der Waals surface area (Å²) in [4.78, 5) is 13.7. The van der Waals surface area contributed by atoms with Gasteiger partial charge in [-0.05, 0) is 36.9 Å². The number of carbonyl (C=O) groups excluding carboxylic acids is 1. The summed E-state index contributed by atoms with van der Waals surface area (Å²) in [6, 6.07) is 7.00. The van der Waals surface area contributed by atoms with Gasteiger partial charge >= 0.3 is 0 Å². The number of carbonyl (C=O) groups is 1. The summed E-state index contributed by atoms with van der Waals surface area (Å²) in [6.45, 7) is 2.57. The molecular formula is C16H22N2O4S2. The highest BCUT2D eigenvalue weighted by Gasteiger charge is 2.21. The summed E-state index contributed by atoms with van der Waals surface area (Å²) < 4.78 is 31.6. The lowest BCUT2D eigenvalue weighted by molar-refractivity contribution is -0.130. The van der Waals surface area contributed by atoms with Crippen molar-refractivity contribution in [2.24, 2.45) is 0 Å². The number of rotatable bonds is 8. The Morgan fingerprint density at radius 1 is 1.25 bits per heavy atom. The number of aryl methyl sites for hydroxylation is 1. The number of amides is 1. The van der Waals surface area contributed by atoms with Crippen molar-refractivity contribution in [1.82, 2.24) is 9.21 Å². The summed E-state index contributed by atoms with van der Waals surface area (Å²) in [5.41, 5.74) is 0. The standard InChI is InChI=1S/C16H22N2O4S2/c1-13-8-9-14(22-13)12-17(2)15(19)6-4-10-18(3)24(20,21)16-7-5-11-23-16/h5,7-9,11H,4,6,10,12H2,1-3H3. The number of furan rings is 1. The summed E-state index contributed by atoms with van der Waals surface area (Å²) in [5.74, 6) is 1.51. The molecule has 2 rings (SSSR count). The third kappa shape index (κ3) is 4.68. The van der Waals surface area contributed by atoms with Crippen LogP contribution in [0, 0.1) is 6.92 Å². The average Bonchev–Trinajstić information content (AvgIpc) is 3.19. The Bertz CT molecular complexity index is 766. The van der Waals surface area contributed by atoms with Crippen molar-refractivity contribution in [2.45, 2.75) is 30.5 Å². The lowest BCUT2D eigenvalue weighted by Gasteiger charge is -2.18. The maximum Gasteiger partial charge on any atom is 0.252 e. The van der Waals surface area contributed by atoms with Gasteiger partial charge in [0.05, 0.1) is 6.54 Å². The quantitative estimate of drug-likeness (QED) is 0.716. The van der Waals surface area contributed by atoms with Crippen LogP contribution in [0.5, 0.6) is 0 Å². The number of hydrogen-bond acceptors (Lipinski definition) is 5. The fourth-order valence-electron chi connectivity index (χ4n) is 2.22. The molecule has 0 fully saturated rings. The van der Waals surface area contributed by atoms with Gasteiger partial charge in [0.25, 0.3) is 10.0 Å². The number of sulfonamides is 1. The van der Waals surface area contributed by atoms with E-state index in [1.807, 2.05) is 19.1 Å². The molecule has 1 amide bonds. The van der Waals surface area contributed by atoms with Gasteiger partial charge < -0.3 is 9.32 Å². The highest BCUT2D eigenvalue weighted by atomic mass is 32.2. The van der Waals surface area contributed by atoms with Crippen molar-refractivity contribution in [3.05, 3.63) is 41.2 Å². The van der Waals surface area contributed by atoms with Gasteiger partial charge in [0.15, 0.2) is 0 Å². The van der Waals surface area contributed by atoms with Gasteiger partial charge in [0, 0.05) is 27.1 Å². The van der Waals surface area contributed by atoms with E-state index < -0.39 is 10.0 Å². The first-order valence-electron chi connectivity index (χ1n) is 7.60. The van der Waals surface area contributed by atoms with E-state index in [4.69, 9.17) is 4.42 Å². The van der Waals surface area contributed by atoms with E-state index in [0.717, 1.165) is 11.5 Å². The van der Waals surface area contributed by atoms with Crippen molar-refractivity contribution in [2.75, 3.05) is 20.6 Å². The van der Waals surface area contributed by atoms with E-state index in [0.29, 0.717) is 30.1 Å². The molecule has 2 aromatic heterocycles. The summed E-state index contributed by atoms with van der Waals surface area (Å²) in [5, 5.41) is 1.73. The third-order valence-electron chi connectivity index (χ3n) is 3.64. The fraction of sp³-hybridized carbons (Fsp3) is 0.438. The van der Waals surface area contributed by atoms with Crippen molar-refractivity contribution in [1.29, 1.82) is 0 Å². The molecule has 2 aromatic rings. The highest BCUT2D eigenvalue weighted by molar-refractivity contribution is 7.91. The van der Waals surface area contributed by atoms with E-state index in [9.17, 15) is 13.2 Å². The first-order valence-corrected chi connectivity index (χ1v) is 9.92. The van der Waals surface area contributed by atoms with E-state index >= 15 is 0 Å². The van der Waals surface area contributed by atoms with Crippen molar-refractivity contribution in [3.8, 4) is 0 Å². The molecule has 132 valence electrons. The van der Waals surface area contributed by atoms with Crippen LogP contribution >= 0.6 is 11.3 Å². The zero-order valence-corrected chi connectivity index (χ0v) is 15.7. The van der Waals surface area contributed by atoms with Crippen LogP contribution in [-0.4, -0.2) is 44.2 Å². The Kier molecular flexibility index (Phi) is 6.20. The molecular weight excluding hydrogens is 348 g/mol. The molecule has 0 saturated carbocycles. The first-order chi connectivity index (χ1) is 11.3. The Morgan fingerprint density at radius 3 is 2.58 bits per heavy atom. The van der Waals surface area contributed by atoms with Crippen molar-refractivity contribution in [3.63, 3.8) is 0 Å². The minimum Gasteiger partial charge on any atom is -0.464 e. The second-order valence-corrected chi connectivity index (χ2v) is 8.84. The molecule has 0 atom stereocenters. The minimum atomic E-state index is -3.45. The molecule has 0 spiro atoms. The van der Waals surface area contributed by atoms with Gasteiger partial charge in [-0.15, -0.1) is 11.3 Å². The average molecular weight is 370 g/mol. The van der Waals surface area contributed by atoms with Crippen LogP contribution in [0.2, 0.25) is 0 Å². The Labute approximate surface area is 146 Å². The van der Waals surface area contributed by atoms with Crippen LogP contribution in [0.15, 0.2) is 38.3 Å². The molecule has 6 nitrogen and oxygen atoms in total. The molecule has 0 saturated heterocycles. The molecule has 0 bridgehead atoms. The van der Waals surface area contributed by atoms with Crippen LogP contribution in [-0.2, 0) is 21.4 Å². The van der Waals surface area contributed by atoms with Crippen molar-refractivity contribution >= 4 is 27.3 Å². The molecule has 24 heavy (non-hydrogen) atoms. The van der Waals surface area contributed by atoms with E-state index in [1.165, 1.54) is 22.7 Å². The normalized spacial score (nSPS) is 11.8. The van der Waals surface area contributed by atoms with Gasteiger partial charge in [-0.3, -0.25) is 4.79 Å². The maximum atomic E-state index is 12.3. The van der Waals surface area contributed by atoms with E-state index in [1.54, 1.807) is 29.5 Å². The zero-order chi connectivity index (χ0) is 17.7. The van der Waals surface area contributed by atoms with Crippen LogP contribution in [0.1, 0.15) is 24.4 Å². The summed E-state index contributed by atoms with van der Waals surface area (Å²) >= 11 is 1.19. The summed E-state index contributed by atoms with van der Waals surface area (Å²) in [7, 11) is -0.197. The zero-order valence-electron chi connectivity index (χ0n) is 14.1. The SMILES string of the molecule is Cc1ccc(CN(C)C(=O)CCCN(C)S(=O)(=O)c2cccs2)o1. The molecule has 0 radical (unpaired) electrons. The molecule has 0 N–H and O–H groups in total. The first kappa shape index (κ1) is 18.7. The minimum absolute atomic E-state index is 0.0361. The lowest BCUT2D eigenvalue weighted by atomic mass is 10.2. The fourth-order valence-corrected chi connectivity index (χ4v) is 4.63. The van der Waals surface area contributed by atoms with Crippen LogP contribution in [0.3, 0.4) is 0 Å². The van der Waals surface area contributed by atoms with Crippen LogP contribution < -0.4 is 0 Å². The lowest BCUT2D eigenvalue weighted by Crippen LogP contribution is -2.30. The smallest absolute Gasteiger partial charge is 0.252 e. The maximum absolute atomic E-state index is 12.3. The predicted molar refractivity (Wildman–Crippen MR) is 93.3 cm³/mol. The Hall–Kier alpha value is -1.64. The van der Waals surface area contributed by atoms with Crippen molar-refractivity contribution < 1.29 is 17.6 Å². The predicted octanol–water partition coefficient (Wildman–Crippen LogP) is 2.71. The molecule has 0 unspecified atom stereocenters. The largest absolute Gasteiger partial charge is 0.464 e. The molecule has 0 aliphatic heterocycles. The van der Waals surface area contributed by atoms with Gasteiger partial charge in [-0.25, -0.2) is 12.7 Å². The van der Waals surface area contributed by atoms with Gasteiger partial charge in [0.2, 0.25) is 5.91 Å². The molecule has 0 aliphatic carbocycles. The third-order valence-corrected chi connectivity index (χ3v) is 6.87. The molecule has 8 heteroatoms. The second-order valence-electron chi connectivity index (χ2n) is 5.62. The number of thiophene rings is 1. The molecule has 0 aromatic carbocycles. The van der Waals surface area contributed by atoms with E-state index in [2.05, 4.69) is 0 Å². The Morgan fingerprint density at radius 2 is 2.00 bits per heavy atom. The van der Waals surface area contributed by atoms with Crippen LogP contribution in [0.25, 0.3) is 0 Å². The topological polar surface area (TPSA) is 70.8 Å². The van der Waals surface area contributed by atoms with Crippen LogP contribution in [0.4, 0.5) is 0 Å². The molecule has 2 heterocycles. The Balaban J connectivity index is 1.79. The van der Waals surface area contributed by atoms with Gasteiger partial charge in [0.1, 0.15) is 15.7 Å². The number of nitrogens with zero attached hydrogens (tertiary/aromatic N) is 2. The number of hydrogen-bond donors (Lipinski definition) is 0. The molecule has 0 aliphatic rings. The van der Waals surface area contributed by atoms with Gasteiger partial charge in [-0.2, -0.15) is 0 Å². The second kappa shape index (κ2) is 7.96. The summed E-state index contributed by atoms with van der Waals surface area (Å²) in [6.07, 6.45) is 0.766. The van der Waals surface area contributed by atoms with E-state index in [-0.39, 0.29) is 5.91 Å². The highest BCUT2D eigenvalue weighted by Crippen LogP contribution is 2.20.